The summed E-state index contributed by atoms with van der Waals surface area (Å²) in [5.74, 6) is -0.350. The number of anilines is 1. The first-order valence-corrected chi connectivity index (χ1v) is 9.00. The fourth-order valence-electron chi connectivity index (χ4n) is 3.06. The molecule has 0 amide bonds. The van der Waals surface area contributed by atoms with E-state index in [-0.39, 0.29) is 16.6 Å². The molecule has 4 nitrogen and oxygen atoms in total. The maximum atomic E-state index is 13.5. The summed E-state index contributed by atoms with van der Waals surface area (Å²) in [5, 5.41) is 0. The number of para-hydroxylation sites is 1. The van der Waals surface area contributed by atoms with Crippen LogP contribution in [0, 0.1) is 11.7 Å². The molecular weight excluding hydrogens is 291 g/mol. The van der Waals surface area contributed by atoms with Gasteiger partial charge >= 0.3 is 0 Å². The summed E-state index contributed by atoms with van der Waals surface area (Å²) >= 11 is 0. The summed E-state index contributed by atoms with van der Waals surface area (Å²) in [6, 6.07) is 3.75. The predicted octanol–water partition coefficient (Wildman–Crippen LogP) is 3.05. The topological polar surface area (TPSA) is 72.2 Å². The molecule has 6 heteroatoms. The fraction of sp³-hybridized carbons (Fsp3) is 0.600. The van der Waals surface area contributed by atoms with Gasteiger partial charge in [0, 0.05) is 6.04 Å². The third kappa shape index (κ3) is 3.74. The minimum absolute atomic E-state index is 0.113. The number of sulfonamides is 1. The van der Waals surface area contributed by atoms with Crippen molar-refractivity contribution < 1.29 is 12.8 Å². The number of nitrogen functional groups attached to an aromatic ring is 1. The molecular formula is C15H23FN2O2S. The molecule has 0 aromatic heterocycles. The van der Waals surface area contributed by atoms with Gasteiger partial charge in [0.05, 0.1) is 5.69 Å². The van der Waals surface area contributed by atoms with Gasteiger partial charge in [-0.25, -0.2) is 17.5 Å². The van der Waals surface area contributed by atoms with Gasteiger partial charge in [-0.2, -0.15) is 0 Å². The Morgan fingerprint density at radius 2 is 2.00 bits per heavy atom. The summed E-state index contributed by atoms with van der Waals surface area (Å²) in [6.07, 6.45) is 6.31. The molecule has 2 rings (SSSR count). The monoisotopic (exact) mass is 314 g/mol. The SMILES string of the molecule is CCC(NS(=O)(=O)c1cccc(F)c1N)C1CCCCC1. The normalized spacial score (nSPS) is 18.6. The zero-order chi connectivity index (χ0) is 15.5. The molecule has 0 radical (unpaired) electrons. The molecule has 0 bridgehead atoms. The lowest BCUT2D eigenvalue weighted by Gasteiger charge is -2.30. The summed E-state index contributed by atoms with van der Waals surface area (Å²) in [5.41, 5.74) is 5.25. The highest BCUT2D eigenvalue weighted by atomic mass is 32.2. The molecule has 1 aromatic rings. The maximum Gasteiger partial charge on any atom is 0.242 e. The van der Waals surface area contributed by atoms with Crippen LogP contribution in [0.4, 0.5) is 10.1 Å². The molecule has 0 aliphatic heterocycles. The third-order valence-electron chi connectivity index (χ3n) is 4.27. The Morgan fingerprint density at radius 1 is 1.33 bits per heavy atom. The van der Waals surface area contributed by atoms with Gasteiger partial charge in [-0.05, 0) is 37.3 Å². The predicted molar refractivity (Wildman–Crippen MR) is 81.8 cm³/mol. The van der Waals surface area contributed by atoms with E-state index < -0.39 is 15.8 Å². The van der Waals surface area contributed by atoms with Crippen molar-refractivity contribution in [2.45, 2.75) is 56.4 Å². The zero-order valence-corrected chi connectivity index (χ0v) is 13.1. The Bertz CT molecular complexity index is 583. The number of halogens is 1. The van der Waals surface area contributed by atoms with Crippen molar-refractivity contribution >= 4 is 15.7 Å². The number of hydrogen-bond donors (Lipinski definition) is 2. The van der Waals surface area contributed by atoms with E-state index in [1.807, 2.05) is 6.92 Å². The average Bonchev–Trinajstić information content (AvgIpc) is 2.48. The van der Waals surface area contributed by atoms with E-state index >= 15 is 0 Å². The Kier molecular flexibility index (Phi) is 5.22. The molecule has 1 fully saturated rings. The molecule has 0 spiro atoms. The van der Waals surface area contributed by atoms with E-state index in [2.05, 4.69) is 4.72 Å². The summed E-state index contributed by atoms with van der Waals surface area (Å²) in [4.78, 5) is -0.170. The van der Waals surface area contributed by atoms with Crippen molar-refractivity contribution in [3.8, 4) is 0 Å². The number of rotatable bonds is 5. The summed E-state index contributed by atoms with van der Waals surface area (Å²) < 4.78 is 41.1. The van der Waals surface area contributed by atoms with Crippen molar-refractivity contribution in [1.82, 2.24) is 4.72 Å². The molecule has 3 N–H and O–H groups in total. The maximum absolute atomic E-state index is 13.5. The second kappa shape index (κ2) is 6.75. The lowest BCUT2D eigenvalue weighted by atomic mass is 9.83. The van der Waals surface area contributed by atoms with Crippen molar-refractivity contribution in [3.05, 3.63) is 24.0 Å². The highest BCUT2D eigenvalue weighted by Gasteiger charge is 2.28. The van der Waals surface area contributed by atoms with Crippen molar-refractivity contribution in [1.29, 1.82) is 0 Å². The summed E-state index contributed by atoms with van der Waals surface area (Å²) in [7, 11) is -3.79. The van der Waals surface area contributed by atoms with Crippen LogP contribution in [0.1, 0.15) is 45.4 Å². The molecule has 1 aromatic carbocycles. The van der Waals surface area contributed by atoms with E-state index in [1.54, 1.807) is 0 Å². The van der Waals surface area contributed by atoms with Gasteiger partial charge in [-0.3, -0.25) is 0 Å². The van der Waals surface area contributed by atoms with Crippen molar-refractivity contribution in [2.24, 2.45) is 5.92 Å². The number of nitrogens with one attached hydrogen (secondary N) is 1. The van der Waals surface area contributed by atoms with Gasteiger partial charge in [-0.1, -0.05) is 32.3 Å². The van der Waals surface area contributed by atoms with Gasteiger partial charge in [0.15, 0.2) is 0 Å². The second-order valence-electron chi connectivity index (χ2n) is 5.69. The third-order valence-corrected chi connectivity index (χ3v) is 5.82. The Hall–Kier alpha value is -1.14. The smallest absolute Gasteiger partial charge is 0.242 e. The molecule has 0 heterocycles. The minimum atomic E-state index is -3.79. The quantitative estimate of drug-likeness (QED) is 0.821. The average molecular weight is 314 g/mol. The largest absolute Gasteiger partial charge is 0.395 e. The van der Waals surface area contributed by atoms with Crippen LogP contribution in [-0.2, 0) is 10.0 Å². The first-order valence-electron chi connectivity index (χ1n) is 7.52. The van der Waals surface area contributed by atoms with Crippen LogP contribution in [0.3, 0.4) is 0 Å². The Morgan fingerprint density at radius 3 is 2.62 bits per heavy atom. The molecule has 1 aliphatic carbocycles. The lowest BCUT2D eigenvalue weighted by Crippen LogP contribution is -2.40. The Labute approximate surface area is 126 Å². The molecule has 1 saturated carbocycles. The fourth-order valence-corrected chi connectivity index (χ4v) is 4.59. The Balaban J connectivity index is 2.20. The van der Waals surface area contributed by atoms with E-state index in [0.29, 0.717) is 5.92 Å². The van der Waals surface area contributed by atoms with Crippen LogP contribution in [0.25, 0.3) is 0 Å². The number of nitrogens with two attached hydrogens (primary N) is 1. The molecule has 1 atom stereocenters. The number of hydrogen-bond acceptors (Lipinski definition) is 3. The molecule has 0 saturated heterocycles. The first kappa shape index (κ1) is 16.2. The van der Waals surface area contributed by atoms with Gasteiger partial charge in [-0.15, -0.1) is 0 Å². The van der Waals surface area contributed by atoms with Crippen molar-refractivity contribution in [3.63, 3.8) is 0 Å². The van der Waals surface area contributed by atoms with Crippen molar-refractivity contribution in [2.75, 3.05) is 5.73 Å². The molecule has 118 valence electrons. The van der Waals surface area contributed by atoms with E-state index in [4.69, 9.17) is 5.73 Å². The number of benzene rings is 1. The van der Waals surface area contributed by atoms with E-state index in [9.17, 15) is 12.8 Å². The second-order valence-corrected chi connectivity index (χ2v) is 7.37. The van der Waals surface area contributed by atoms with Gasteiger partial charge < -0.3 is 5.73 Å². The minimum Gasteiger partial charge on any atom is -0.395 e. The van der Waals surface area contributed by atoms with E-state index in [1.165, 1.54) is 18.6 Å². The highest BCUT2D eigenvalue weighted by Crippen LogP contribution is 2.29. The highest BCUT2D eigenvalue weighted by molar-refractivity contribution is 7.89. The molecule has 1 unspecified atom stereocenters. The molecule has 21 heavy (non-hydrogen) atoms. The summed E-state index contributed by atoms with van der Waals surface area (Å²) in [6.45, 7) is 1.97. The van der Waals surface area contributed by atoms with Gasteiger partial charge in [0.25, 0.3) is 0 Å². The molecule has 1 aliphatic rings. The van der Waals surface area contributed by atoms with Crippen LogP contribution < -0.4 is 10.5 Å². The van der Waals surface area contributed by atoms with Gasteiger partial charge in [0.2, 0.25) is 10.0 Å². The van der Waals surface area contributed by atoms with Crippen LogP contribution in [0.2, 0.25) is 0 Å². The van der Waals surface area contributed by atoms with Crippen LogP contribution in [0.5, 0.6) is 0 Å². The van der Waals surface area contributed by atoms with Crippen LogP contribution in [0.15, 0.2) is 23.1 Å². The van der Waals surface area contributed by atoms with Crippen LogP contribution in [-0.4, -0.2) is 14.5 Å². The van der Waals surface area contributed by atoms with E-state index in [0.717, 1.165) is 38.2 Å². The van der Waals surface area contributed by atoms with Crippen LogP contribution >= 0.6 is 0 Å². The zero-order valence-electron chi connectivity index (χ0n) is 12.3. The standard InChI is InChI=1S/C15H23FN2O2S/c1-2-13(11-7-4-3-5-8-11)18-21(19,20)14-10-6-9-12(16)15(14)17/h6,9-11,13,18H,2-5,7-8,17H2,1H3. The lowest BCUT2D eigenvalue weighted by molar-refractivity contribution is 0.285. The van der Waals surface area contributed by atoms with Gasteiger partial charge in [0.1, 0.15) is 10.7 Å². The first-order chi connectivity index (χ1) is 9.95.